The number of aryl methyl sites for hydroxylation is 1. The van der Waals surface area contributed by atoms with Crippen molar-refractivity contribution in [1.29, 1.82) is 0 Å². The lowest BCUT2D eigenvalue weighted by atomic mass is 9.95. The van der Waals surface area contributed by atoms with Crippen LogP contribution in [0.2, 0.25) is 0 Å². The first-order valence-electron chi connectivity index (χ1n) is 9.35. The summed E-state index contributed by atoms with van der Waals surface area (Å²) in [4.78, 5) is 16.8. The Bertz CT molecular complexity index is 506. The Hall–Kier alpha value is -1.55. The van der Waals surface area contributed by atoms with E-state index in [4.69, 9.17) is 4.74 Å². The molecule has 134 valence electrons. The van der Waals surface area contributed by atoms with E-state index >= 15 is 0 Å². The summed E-state index contributed by atoms with van der Waals surface area (Å²) in [5.74, 6) is 1.56. The van der Waals surface area contributed by atoms with E-state index in [0.29, 0.717) is 5.91 Å². The number of nitrogens with zero attached hydrogens (tertiary/aromatic N) is 2. The minimum Gasteiger partial charge on any atom is -0.493 e. The van der Waals surface area contributed by atoms with Gasteiger partial charge < -0.3 is 14.5 Å². The monoisotopic (exact) mass is 332 g/mol. The van der Waals surface area contributed by atoms with Gasteiger partial charge in [0, 0.05) is 25.6 Å². The lowest BCUT2D eigenvalue weighted by molar-refractivity contribution is -0.136. The van der Waals surface area contributed by atoms with Crippen LogP contribution in [0.3, 0.4) is 0 Å². The van der Waals surface area contributed by atoms with Gasteiger partial charge >= 0.3 is 0 Å². The number of hydrogen-bond donors (Lipinski definition) is 0. The van der Waals surface area contributed by atoms with Gasteiger partial charge in [-0.15, -0.1) is 0 Å². The van der Waals surface area contributed by atoms with E-state index in [-0.39, 0.29) is 5.92 Å². The van der Waals surface area contributed by atoms with E-state index in [9.17, 15) is 4.79 Å². The van der Waals surface area contributed by atoms with Crippen molar-refractivity contribution >= 4 is 5.91 Å². The topological polar surface area (TPSA) is 32.8 Å². The highest BCUT2D eigenvalue weighted by molar-refractivity contribution is 5.78. The standard InChI is InChI=1S/C20H32N2O2/c1-4-22(5-2)20(23)18-11-14-21(15-12-18)13-8-16-24-19-10-7-6-9-17(19)3/h6-7,9-10,18H,4-5,8,11-16H2,1-3H3. The Labute approximate surface area is 146 Å². The molecule has 0 bridgehead atoms. The number of para-hydroxylation sites is 1. The van der Waals surface area contributed by atoms with Crippen molar-refractivity contribution in [2.45, 2.75) is 40.0 Å². The predicted molar refractivity (Wildman–Crippen MR) is 98.4 cm³/mol. The van der Waals surface area contributed by atoms with E-state index in [0.717, 1.165) is 64.3 Å². The lowest BCUT2D eigenvalue weighted by Crippen LogP contribution is -2.42. The number of hydrogen-bond acceptors (Lipinski definition) is 3. The highest BCUT2D eigenvalue weighted by atomic mass is 16.5. The zero-order valence-corrected chi connectivity index (χ0v) is 15.5. The first kappa shape index (κ1) is 18.8. The molecule has 4 nitrogen and oxygen atoms in total. The molecular weight excluding hydrogens is 300 g/mol. The molecule has 0 aromatic heterocycles. The fourth-order valence-electron chi connectivity index (χ4n) is 3.39. The zero-order valence-electron chi connectivity index (χ0n) is 15.5. The summed E-state index contributed by atoms with van der Waals surface area (Å²) in [5.41, 5.74) is 1.19. The van der Waals surface area contributed by atoms with Gasteiger partial charge in [-0.05, 0) is 64.8 Å². The van der Waals surface area contributed by atoms with E-state index < -0.39 is 0 Å². The number of amides is 1. The fraction of sp³-hybridized carbons (Fsp3) is 0.650. The van der Waals surface area contributed by atoms with Gasteiger partial charge in [0.2, 0.25) is 5.91 Å². The molecule has 4 heteroatoms. The quantitative estimate of drug-likeness (QED) is 0.685. The number of likely N-dealkylation sites (tertiary alicyclic amines) is 1. The van der Waals surface area contributed by atoms with Gasteiger partial charge in [-0.25, -0.2) is 0 Å². The molecule has 0 unspecified atom stereocenters. The maximum atomic E-state index is 12.4. The van der Waals surface area contributed by atoms with Crippen molar-refractivity contribution in [3.63, 3.8) is 0 Å². The average Bonchev–Trinajstić information content (AvgIpc) is 2.61. The van der Waals surface area contributed by atoms with E-state index in [1.54, 1.807) is 0 Å². The maximum absolute atomic E-state index is 12.4. The summed E-state index contributed by atoms with van der Waals surface area (Å²) in [6.45, 7) is 11.7. The second kappa shape index (κ2) is 9.67. The minimum absolute atomic E-state index is 0.226. The highest BCUT2D eigenvalue weighted by Gasteiger charge is 2.27. The lowest BCUT2D eigenvalue weighted by Gasteiger charge is -2.33. The summed E-state index contributed by atoms with van der Waals surface area (Å²) in [5, 5.41) is 0. The van der Waals surface area contributed by atoms with Crippen LogP contribution in [-0.4, -0.2) is 55.0 Å². The van der Waals surface area contributed by atoms with Crippen molar-refractivity contribution in [1.82, 2.24) is 9.80 Å². The molecule has 0 N–H and O–H groups in total. The summed E-state index contributed by atoms with van der Waals surface area (Å²) in [6, 6.07) is 8.15. The van der Waals surface area contributed by atoms with Crippen molar-refractivity contribution in [3.05, 3.63) is 29.8 Å². The number of piperidine rings is 1. The van der Waals surface area contributed by atoms with E-state index in [2.05, 4.69) is 31.7 Å². The van der Waals surface area contributed by atoms with Crippen molar-refractivity contribution in [2.24, 2.45) is 5.92 Å². The van der Waals surface area contributed by atoms with Crippen molar-refractivity contribution in [3.8, 4) is 5.75 Å². The summed E-state index contributed by atoms with van der Waals surface area (Å²) in [6.07, 6.45) is 3.02. The van der Waals surface area contributed by atoms with Gasteiger partial charge in [0.25, 0.3) is 0 Å². The Morgan fingerprint density at radius 2 is 1.88 bits per heavy atom. The smallest absolute Gasteiger partial charge is 0.225 e. The molecule has 0 saturated carbocycles. The number of carbonyl (C=O) groups excluding carboxylic acids is 1. The molecule has 1 fully saturated rings. The van der Waals surface area contributed by atoms with Crippen LogP contribution in [0.5, 0.6) is 5.75 Å². The molecule has 0 atom stereocenters. The Kier molecular flexibility index (Phi) is 7.57. The Morgan fingerprint density at radius 1 is 1.21 bits per heavy atom. The van der Waals surface area contributed by atoms with Crippen LogP contribution in [0, 0.1) is 12.8 Å². The van der Waals surface area contributed by atoms with Crippen LogP contribution in [0.4, 0.5) is 0 Å². The summed E-state index contributed by atoms with van der Waals surface area (Å²) >= 11 is 0. The van der Waals surface area contributed by atoms with Gasteiger partial charge in [-0.2, -0.15) is 0 Å². The molecular formula is C20H32N2O2. The molecule has 1 saturated heterocycles. The summed E-state index contributed by atoms with van der Waals surface area (Å²) in [7, 11) is 0. The molecule has 1 aliphatic heterocycles. The number of benzene rings is 1. The average molecular weight is 332 g/mol. The first-order chi connectivity index (χ1) is 11.7. The van der Waals surface area contributed by atoms with E-state index in [1.165, 1.54) is 5.56 Å². The van der Waals surface area contributed by atoms with Crippen LogP contribution >= 0.6 is 0 Å². The molecule has 1 heterocycles. The minimum atomic E-state index is 0.226. The van der Waals surface area contributed by atoms with Crippen LogP contribution in [0.1, 0.15) is 38.7 Å². The van der Waals surface area contributed by atoms with Gasteiger partial charge in [-0.1, -0.05) is 18.2 Å². The molecule has 0 radical (unpaired) electrons. The molecule has 1 amide bonds. The largest absolute Gasteiger partial charge is 0.493 e. The second-order valence-corrected chi connectivity index (χ2v) is 6.59. The molecule has 0 spiro atoms. The Balaban J connectivity index is 1.65. The zero-order chi connectivity index (χ0) is 17.4. The van der Waals surface area contributed by atoms with Crippen LogP contribution in [0.25, 0.3) is 0 Å². The van der Waals surface area contributed by atoms with Gasteiger partial charge in [0.15, 0.2) is 0 Å². The number of carbonyl (C=O) groups is 1. The normalized spacial score (nSPS) is 16.1. The van der Waals surface area contributed by atoms with Crippen LogP contribution in [0.15, 0.2) is 24.3 Å². The van der Waals surface area contributed by atoms with Gasteiger partial charge in [0.1, 0.15) is 5.75 Å². The molecule has 24 heavy (non-hydrogen) atoms. The van der Waals surface area contributed by atoms with Crippen molar-refractivity contribution < 1.29 is 9.53 Å². The third kappa shape index (κ3) is 5.23. The molecule has 1 aromatic rings. The van der Waals surface area contributed by atoms with Gasteiger partial charge in [-0.3, -0.25) is 4.79 Å². The molecule has 1 aliphatic rings. The van der Waals surface area contributed by atoms with Gasteiger partial charge in [0.05, 0.1) is 6.61 Å². The number of ether oxygens (including phenoxy) is 1. The first-order valence-corrected chi connectivity index (χ1v) is 9.35. The highest BCUT2D eigenvalue weighted by Crippen LogP contribution is 2.20. The maximum Gasteiger partial charge on any atom is 0.225 e. The molecule has 0 aliphatic carbocycles. The van der Waals surface area contributed by atoms with E-state index in [1.807, 2.05) is 23.1 Å². The predicted octanol–water partition coefficient (Wildman–Crippen LogP) is 3.34. The number of rotatable bonds is 8. The fourth-order valence-corrected chi connectivity index (χ4v) is 3.39. The third-order valence-corrected chi connectivity index (χ3v) is 4.98. The molecule has 2 rings (SSSR count). The van der Waals surface area contributed by atoms with Crippen molar-refractivity contribution in [2.75, 3.05) is 39.3 Å². The SMILES string of the molecule is CCN(CC)C(=O)C1CCN(CCCOc2ccccc2C)CC1. The van der Waals surface area contributed by atoms with Crippen LogP contribution in [-0.2, 0) is 4.79 Å². The summed E-state index contributed by atoms with van der Waals surface area (Å²) < 4.78 is 5.86. The van der Waals surface area contributed by atoms with Crippen LogP contribution < -0.4 is 4.74 Å². The second-order valence-electron chi connectivity index (χ2n) is 6.59. The molecule has 1 aromatic carbocycles. The Morgan fingerprint density at radius 3 is 2.50 bits per heavy atom. The third-order valence-electron chi connectivity index (χ3n) is 4.98.